The van der Waals surface area contributed by atoms with Crippen molar-refractivity contribution in [1.29, 1.82) is 0 Å². The third-order valence-electron chi connectivity index (χ3n) is 3.81. The maximum atomic E-state index is 12.5. The van der Waals surface area contributed by atoms with Gasteiger partial charge in [-0.1, -0.05) is 17.4 Å². The summed E-state index contributed by atoms with van der Waals surface area (Å²) < 4.78 is 10.2. The molecule has 2 heterocycles. The molecule has 0 unspecified atom stereocenters. The number of benzene rings is 1. The zero-order chi connectivity index (χ0) is 18.0. The van der Waals surface area contributed by atoms with Gasteiger partial charge in [-0.2, -0.15) is 10.1 Å². The van der Waals surface area contributed by atoms with Crippen molar-refractivity contribution < 1.29 is 9.53 Å². The number of thiazole rings is 1. The van der Waals surface area contributed by atoms with Crippen molar-refractivity contribution in [2.45, 2.75) is 20.4 Å². The Hall–Kier alpha value is -2.67. The Kier molecular flexibility index (Phi) is 4.85. The van der Waals surface area contributed by atoms with Crippen LogP contribution < -0.4 is 9.54 Å². The second-order valence-corrected chi connectivity index (χ2v) is 6.57. The highest BCUT2D eigenvalue weighted by atomic mass is 32.1. The van der Waals surface area contributed by atoms with Gasteiger partial charge in [0.2, 0.25) is 0 Å². The number of hydrogen-bond donors (Lipinski definition) is 0. The molecule has 0 aliphatic heterocycles. The molecule has 130 valence electrons. The van der Waals surface area contributed by atoms with Crippen LogP contribution in [-0.2, 0) is 13.6 Å². The molecular weight excluding hydrogens is 336 g/mol. The van der Waals surface area contributed by atoms with Gasteiger partial charge in [-0.15, -0.1) is 6.58 Å². The highest BCUT2D eigenvalue weighted by Crippen LogP contribution is 2.23. The number of aryl methyl sites for hydroxylation is 2. The number of rotatable bonds is 5. The van der Waals surface area contributed by atoms with Crippen LogP contribution in [0.1, 0.15) is 23.1 Å². The first-order chi connectivity index (χ1) is 12.0. The zero-order valence-electron chi connectivity index (χ0n) is 14.5. The van der Waals surface area contributed by atoms with Crippen molar-refractivity contribution in [1.82, 2.24) is 14.3 Å². The van der Waals surface area contributed by atoms with E-state index in [0.29, 0.717) is 23.6 Å². The van der Waals surface area contributed by atoms with Gasteiger partial charge in [0, 0.05) is 19.3 Å². The number of allylic oxidation sites excluding steroid dienone is 1. The van der Waals surface area contributed by atoms with Gasteiger partial charge >= 0.3 is 0 Å². The summed E-state index contributed by atoms with van der Waals surface area (Å²) in [5, 5.41) is 4.20. The standard InChI is InChI=1S/C18H20N4O2S/c1-5-9-22-15-8-7-13(24-6-2)11-16(15)25-18(22)19-17(23)14-10-12(3)21(4)20-14/h5,7-8,10-11H,1,6,9H2,2-4H3. The Bertz CT molecular complexity index is 990. The minimum Gasteiger partial charge on any atom is -0.494 e. The van der Waals surface area contributed by atoms with Gasteiger partial charge in [-0.05, 0) is 38.1 Å². The van der Waals surface area contributed by atoms with Crippen LogP contribution in [-0.4, -0.2) is 26.9 Å². The minimum atomic E-state index is -0.349. The second kappa shape index (κ2) is 7.06. The van der Waals surface area contributed by atoms with E-state index in [4.69, 9.17) is 4.74 Å². The fourth-order valence-electron chi connectivity index (χ4n) is 2.51. The predicted octanol–water partition coefficient (Wildman–Crippen LogP) is 3.07. The summed E-state index contributed by atoms with van der Waals surface area (Å²) >= 11 is 1.45. The Labute approximate surface area is 149 Å². The third-order valence-corrected chi connectivity index (χ3v) is 4.85. The highest BCUT2D eigenvalue weighted by Gasteiger charge is 2.12. The number of carbonyl (C=O) groups excluding carboxylic acids is 1. The molecule has 3 aromatic rings. The van der Waals surface area contributed by atoms with Crippen molar-refractivity contribution in [2.75, 3.05) is 6.61 Å². The van der Waals surface area contributed by atoms with Crippen molar-refractivity contribution in [2.24, 2.45) is 12.0 Å². The molecule has 0 bridgehead atoms. The molecule has 3 rings (SSSR count). The summed E-state index contributed by atoms with van der Waals surface area (Å²) in [4.78, 5) is 17.4. The molecule has 0 saturated carbocycles. The maximum Gasteiger partial charge on any atom is 0.300 e. The Morgan fingerprint density at radius 2 is 2.24 bits per heavy atom. The van der Waals surface area contributed by atoms with Gasteiger partial charge in [0.1, 0.15) is 5.75 Å². The molecular formula is C18H20N4O2S. The van der Waals surface area contributed by atoms with E-state index in [9.17, 15) is 4.79 Å². The predicted molar refractivity (Wildman–Crippen MR) is 99.0 cm³/mol. The number of hydrogen-bond acceptors (Lipinski definition) is 4. The van der Waals surface area contributed by atoms with Crippen molar-refractivity contribution in [3.05, 3.63) is 53.1 Å². The highest BCUT2D eigenvalue weighted by molar-refractivity contribution is 7.16. The molecule has 0 radical (unpaired) electrons. The molecule has 0 aliphatic rings. The van der Waals surface area contributed by atoms with Crippen LogP contribution in [0.3, 0.4) is 0 Å². The molecule has 1 aromatic carbocycles. The molecule has 0 aliphatic carbocycles. The summed E-state index contributed by atoms with van der Waals surface area (Å²) in [6.45, 7) is 8.83. The van der Waals surface area contributed by atoms with E-state index in [1.807, 2.05) is 36.6 Å². The molecule has 1 amide bonds. The lowest BCUT2D eigenvalue weighted by molar-refractivity contribution is 0.0992. The van der Waals surface area contributed by atoms with Crippen molar-refractivity contribution >= 4 is 27.5 Å². The SMILES string of the molecule is C=CCn1c(=NC(=O)c2cc(C)n(C)n2)sc2cc(OCC)ccc21. The summed E-state index contributed by atoms with van der Waals surface area (Å²) in [5.41, 5.74) is 2.25. The lowest BCUT2D eigenvalue weighted by Gasteiger charge is -2.04. The lowest BCUT2D eigenvalue weighted by Crippen LogP contribution is -2.16. The molecule has 7 heteroatoms. The van der Waals surface area contributed by atoms with Crippen LogP contribution in [0.4, 0.5) is 0 Å². The van der Waals surface area contributed by atoms with E-state index in [2.05, 4.69) is 16.7 Å². The van der Waals surface area contributed by atoms with Gasteiger partial charge in [-0.3, -0.25) is 9.48 Å². The van der Waals surface area contributed by atoms with Crippen molar-refractivity contribution in [3.8, 4) is 5.75 Å². The van der Waals surface area contributed by atoms with Gasteiger partial charge in [0.15, 0.2) is 10.5 Å². The summed E-state index contributed by atoms with van der Waals surface area (Å²) in [5.74, 6) is 0.457. The Balaban J connectivity index is 2.11. The second-order valence-electron chi connectivity index (χ2n) is 5.56. The summed E-state index contributed by atoms with van der Waals surface area (Å²) in [7, 11) is 1.80. The lowest BCUT2D eigenvalue weighted by atomic mass is 10.3. The largest absolute Gasteiger partial charge is 0.494 e. The fourth-order valence-corrected chi connectivity index (χ4v) is 3.58. The van der Waals surface area contributed by atoms with Crippen LogP contribution in [0.2, 0.25) is 0 Å². The number of ether oxygens (including phenoxy) is 1. The van der Waals surface area contributed by atoms with Crippen LogP contribution in [0, 0.1) is 6.92 Å². The first-order valence-corrected chi connectivity index (χ1v) is 8.82. The molecule has 0 N–H and O–H groups in total. The van der Waals surface area contributed by atoms with E-state index >= 15 is 0 Å². The zero-order valence-corrected chi connectivity index (χ0v) is 15.3. The van der Waals surface area contributed by atoms with Crippen LogP contribution in [0.25, 0.3) is 10.2 Å². The molecule has 0 saturated heterocycles. The van der Waals surface area contributed by atoms with E-state index in [-0.39, 0.29) is 5.91 Å². The van der Waals surface area contributed by atoms with Crippen LogP contribution in [0.5, 0.6) is 5.75 Å². The molecule has 6 nitrogen and oxygen atoms in total. The normalized spacial score (nSPS) is 11.9. The fraction of sp³-hybridized carbons (Fsp3) is 0.278. The van der Waals surface area contributed by atoms with Crippen LogP contribution >= 0.6 is 11.3 Å². The molecule has 25 heavy (non-hydrogen) atoms. The van der Waals surface area contributed by atoms with Gasteiger partial charge < -0.3 is 9.30 Å². The van der Waals surface area contributed by atoms with E-state index in [0.717, 1.165) is 21.7 Å². The maximum absolute atomic E-state index is 12.5. The summed E-state index contributed by atoms with van der Waals surface area (Å²) in [6.07, 6.45) is 1.79. The average Bonchev–Trinajstić information content (AvgIpc) is 3.09. The first kappa shape index (κ1) is 17.2. The quantitative estimate of drug-likeness (QED) is 0.660. The topological polar surface area (TPSA) is 61.4 Å². The van der Waals surface area contributed by atoms with Crippen molar-refractivity contribution in [3.63, 3.8) is 0 Å². The molecule has 0 atom stereocenters. The number of amides is 1. The number of aromatic nitrogens is 3. The minimum absolute atomic E-state index is 0.345. The number of carbonyl (C=O) groups is 1. The van der Waals surface area contributed by atoms with E-state index in [1.54, 1.807) is 23.9 Å². The van der Waals surface area contributed by atoms with Gasteiger partial charge in [-0.25, -0.2) is 0 Å². The Morgan fingerprint density at radius 1 is 1.44 bits per heavy atom. The number of nitrogens with zero attached hydrogens (tertiary/aromatic N) is 4. The summed E-state index contributed by atoms with van der Waals surface area (Å²) in [6, 6.07) is 7.61. The molecule has 2 aromatic heterocycles. The smallest absolute Gasteiger partial charge is 0.300 e. The monoisotopic (exact) mass is 356 g/mol. The number of fused-ring (bicyclic) bond motifs is 1. The van der Waals surface area contributed by atoms with Gasteiger partial charge in [0.05, 0.1) is 16.8 Å². The van der Waals surface area contributed by atoms with Crippen LogP contribution in [0.15, 0.2) is 41.9 Å². The third kappa shape index (κ3) is 3.41. The van der Waals surface area contributed by atoms with Gasteiger partial charge in [0.25, 0.3) is 5.91 Å². The first-order valence-electron chi connectivity index (χ1n) is 8.00. The van der Waals surface area contributed by atoms with E-state index < -0.39 is 0 Å². The molecule has 0 spiro atoms. The average molecular weight is 356 g/mol. The molecule has 0 fully saturated rings. The van der Waals surface area contributed by atoms with E-state index in [1.165, 1.54) is 11.3 Å². The Morgan fingerprint density at radius 3 is 2.88 bits per heavy atom.